The molecule has 4 N–H and O–H groups in total. The zero-order valence-electron chi connectivity index (χ0n) is 12.1. The van der Waals surface area contributed by atoms with Gasteiger partial charge in [-0.25, -0.2) is 0 Å². The fourth-order valence-electron chi connectivity index (χ4n) is 1.52. The molecule has 2 atom stereocenters. The Labute approximate surface area is 115 Å². The van der Waals surface area contributed by atoms with E-state index in [1.54, 1.807) is 24.3 Å². The number of hydrogen-bond donors (Lipinski definition) is 3. The van der Waals surface area contributed by atoms with E-state index >= 15 is 0 Å². The topological polar surface area (TPSA) is 75.4 Å². The van der Waals surface area contributed by atoms with Gasteiger partial charge in [0.15, 0.2) is 0 Å². The van der Waals surface area contributed by atoms with E-state index < -0.39 is 6.04 Å². The zero-order valence-corrected chi connectivity index (χ0v) is 12.1. The van der Waals surface area contributed by atoms with E-state index in [2.05, 4.69) is 26.1 Å². The van der Waals surface area contributed by atoms with Gasteiger partial charge in [0.2, 0.25) is 5.91 Å². The van der Waals surface area contributed by atoms with Crippen molar-refractivity contribution in [2.24, 2.45) is 11.1 Å². The van der Waals surface area contributed by atoms with Gasteiger partial charge in [0.05, 0.1) is 6.04 Å². The van der Waals surface area contributed by atoms with Crippen LogP contribution >= 0.6 is 0 Å². The van der Waals surface area contributed by atoms with Crippen molar-refractivity contribution >= 4 is 5.91 Å². The molecule has 1 unspecified atom stereocenters. The van der Waals surface area contributed by atoms with Gasteiger partial charge in [-0.15, -0.1) is 0 Å². The summed E-state index contributed by atoms with van der Waals surface area (Å²) in [6.07, 6.45) is 0.461. The van der Waals surface area contributed by atoms with Crippen LogP contribution in [0.1, 0.15) is 33.3 Å². The molecule has 0 spiro atoms. The van der Waals surface area contributed by atoms with Crippen molar-refractivity contribution in [1.82, 2.24) is 5.32 Å². The molecular formula is C15H24N2O2. The average molecular weight is 264 g/mol. The highest BCUT2D eigenvalue weighted by Gasteiger charge is 2.24. The number of rotatable bonds is 4. The number of aromatic hydroxyl groups is 1. The van der Waals surface area contributed by atoms with Crippen LogP contribution < -0.4 is 11.1 Å². The molecule has 1 rings (SSSR count). The molecule has 0 aliphatic rings. The lowest BCUT2D eigenvalue weighted by Crippen LogP contribution is -2.49. The van der Waals surface area contributed by atoms with Crippen molar-refractivity contribution in [2.75, 3.05) is 0 Å². The summed E-state index contributed by atoms with van der Waals surface area (Å²) in [6.45, 7) is 8.20. The molecule has 0 aromatic heterocycles. The quantitative estimate of drug-likeness (QED) is 0.776. The van der Waals surface area contributed by atoms with Gasteiger partial charge in [0.1, 0.15) is 5.75 Å². The maximum Gasteiger partial charge on any atom is 0.237 e. The fourth-order valence-corrected chi connectivity index (χ4v) is 1.52. The minimum Gasteiger partial charge on any atom is -0.508 e. The number of phenols is 1. The second-order valence-corrected chi connectivity index (χ2v) is 6.07. The lowest BCUT2D eigenvalue weighted by molar-refractivity contribution is -0.123. The van der Waals surface area contributed by atoms with Gasteiger partial charge in [0, 0.05) is 6.04 Å². The first kappa shape index (κ1) is 15.5. The van der Waals surface area contributed by atoms with E-state index in [0.717, 1.165) is 5.56 Å². The molecule has 4 heteroatoms. The maximum absolute atomic E-state index is 12.0. The van der Waals surface area contributed by atoms with Crippen molar-refractivity contribution in [3.05, 3.63) is 29.8 Å². The van der Waals surface area contributed by atoms with Crippen molar-refractivity contribution in [1.29, 1.82) is 0 Å². The Morgan fingerprint density at radius 3 is 2.32 bits per heavy atom. The third-order valence-corrected chi connectivity index (χ3v) is 3.39. The first-order chi connectivity index (χ1) is 8.70. The molecule has 0 heterocycles. The summed E-state index contributed by atoms with van der Waals surface area (Å²) in [5, 5.41) is 12.1. The van der Waals surface area contributed by atoms with Crippen LogP contribution in [0.15, 0.2) is 24.3 Å². The third kappa shape index (κ3) is 4.91. The number of phenolic OH excluding ortho intramolecular Hbond substituents is 1. The Kier molecular flexibility index (Phi) is 4.95. The standard InChI is InChI=1S/C15H24N2O2/c1-10(15(2,3)4)17-14(19)13(16)9-11-5-7-12(18)8-6-11/h5-8,10,13,18H,9,16H2,1-4H3,(H,17,19)/t10?,13-/m0/s1. The lowest BCUT2D eigenvalue weighted by Gasteiger charge is -2.29. The van der Waals surface area contributed by atoms with Gasteiger partial charge in [-0.1, -0.05) is 32.9 Å². The minimum atomic E-state index is -0.575. The highest BCUT2D eigenvalue weighted by molar-refractivity contribution is 5.82. The molecule has 19 heavy (non-hydrogen) atoms. The maximum atomic E-state index is 12.0. The Morgan fingerprint density at radius 1 is 1.32 bits per heavy atom. The van der Waals surface area contributed by atoms with Crippen LogP contribution in [-0.4, -0.2) is 23.1 Å². The number of carbonyl (C=O) groups excluding carboxylic acids is 1. The molecule has 1 aromatic carbocycles. The Hall–Kier alpha value is -1.55. The van der Waals surface area contributed by atoms with Crippen LogP contribution in [0.3, 0.4) is 0 Å². The second kappa shape index (κ2) is 6.06. The number of amides is 1. The van der Waals surface area contributed by atoms with Crippen LogP contribution in [-0.2, 0) is 11.2 Å². The summed E-state index contributed by atoms with van der Waals surface area (Å²) < 4.78 is 0. The summed E-state index contributed by atoms with van der Waals surface area (Å²) in [7, 11) is 0. The lowest BCUT2D eigenvalue weighted by atomic mass is 9.88. The molecule has 106 valence electrons. The van der Waals surface area contributed by atoms with E-state index in [1.807, 2.05) is 6.92 Å². The highest BCUT2D eigenvalue weighted by atomic mass is 16.3. The van der Waals surface area contributed by atoms with E-state index in [1.165, 1.54) is 0 Å². The zero-order chi connectivity index (χ0) is 14.6. The number of nitrogens with two attached hydrogens (primary N) is 1. The molecule has 0 saturated carbocycles. The molecule has 0 aliphatic carbocycles. The highest BCUT2D eigenvalue weighted by Crippen LogP contribution is 2.18. The van der Waals surface area contributed by atoms with E-state index in [-0.39, 0.29) is 23.1 Å². The Bertz CT molecular complexity index is 421. The molecule has 0 radical (unpaired) electrons. The second-order valence-electron chi connectivity index (χ2n) is 6.07. The molecular weight excluding hydrogens is 240 g/mol. The largest absolute Gasteiger partial charge is 0.508 e. The molecule has 0 saturated heterocycles. The van der Waals surface area contributed by atoms with Gasteiger partial charge >= 0.3 is 0 Å². The van der Waals surface area contributed by atoms with E-state index in [0.29, 0.717) is 6.42 Å². The minimum absolute atomic E-state index is 0.00785. The number of hydrogen-bond acceptors (Lipinski definition) is 3. The van der Waals surface area contributed by atoms with Crippen molar-refractivity contribution < 1.29 is 9.90 Å². The number of carbonyl (C=O) groups is 1. The summed E-state index contributed by atoms with van der Waals surface area (Å²) >= 11 is 0. The van der Waals surface area contributed by atoms with Crippen molar-refractivity contribution in [3.63, 3.8) is 0 Å². The first-order valence-corrected chi connectivity index (χ1v) is 6.54. The molecule has 1 amide bonds. The summed E-state index contributed by atoms with van der Waals surface area (Å²) in [5.41, 5.74) is 6.85. The van der Waals surface area contributed by atoms with E-state index in [9.17, 15) is 9.90 Å². The summed E-state index contributed by atoms with van der Waals surface area (Å²) in [4.78, 5) is 12.0. The summed E-state index contributed by atoms with van der Waals surface area (Å²) in [5.74, 6) is 0.0682. The van der Waals surface area contributed by atoms with Crippen molar-refractivity contribution in [2.45, 2.75) is 46.2 Å². The predicted octanol–water partition coefficient (Wildman–Crippen LogP) is 1.81. The summed E-state index contributed by atoms with van der Waals surface area (Å²) in [6, 6.07) is 6.22. The van der Waals surface area contributed by atoms with Crippen LogP contribution in [0.25, 0.3) is 0 Å². The number of benzene rings is 1. The molecule has 0 fully saturated rings. The normalized spacial score (nSPS) is 14.8. The Balaban J connectivity index is 2.56. The average Bonchev–Trinajstić information content (AvgIpc) is 2.30. The molecule has 4 nitrogen and oxygen atoms in total. The van der Waals surface area contributed by atoms with Gasteiger partial charge in [-0.3, -0.25) is 4.79 Å². The van der Waals surface area contributed by atoms with Gasteiger partial charge in [0.25, 0.3) is 0 Å². The predicted molar refractivity (Wildman–Crippen MR) is 76.8 cm³/mol. The monoisotopic (exact) mass is 264 g/mol. The molecule has 1 aromatic rings. The van der Waals surface area contributed by atoms with Crippen LogP contribution in [0.4, 0.5) is 0 Å². The SMILES string of the molecule is CC(NC(=O)[C@@H](N)Cc1ccc(O)cc1)C(C)(C)C. The third-order valence-electron chi connectivity index (χ3n) is 3.39. The fraction of sp³-hybridized carbons (Fsp3) is 0.533. The Morgan fingerprint density at radius 2 is 1.84 bits per heavy atom. The van der Waals surface area contributed by atoms with Crippen LogP contribution in [0.5, 0.6) is 5.75 Å². The van der Waals surface area contributed by atoms with Gasteiger partial charge < -0.3 is 16.2 Å². The first-order valence-electron chi connectivity index (χ1n) is 6.54. The van der Waals surface area contributed by atoms with Crippen LogP contribution in [0, 0.1) is 5.41 Å². The number of nitrogens with one attached hydrogen (secondary N) is 1. The molecule has 0 aliphatic heterocycles. The van der Waals surface area contributed by atoms with Gasteiger partial charge in [-0.2, -0.15) is 0 Å². The van der Waals surface area contributed by atoms with Crippen molar-refractivity contribution in [3.8, 4) is 5.75 Å². The molecule has 0 bridgehead atoms. The van der Waals surface area contributed by atoms with Gasteiger partial charge in [-0.05, 0) is 36.5 Å². The smallest absolute Gasteiger partial charge is 0.237 e. The van der Waals surface area contributed by atoms with E-state index in [4.69, 9.17) is 5.73 Å². The van der Waals surface area contributed by atoms with Crippen LogP contribution in [0.2, 0.25) is 0 Å².